The van der Waals surface area contributed by atoms with E-state index < -0.39 is 0 Å². The zero-order valence-corrected chi connectivity index (χ0v) is 16.1. The number of benzene rings is 2. The smallest absolute Gasteiger partial charge is 0.227 e. The second kappa shape index (κ2) is 8.64. The lowest BCUT2D eigenvalue weighted by molar-refractivity contribution is -0.119. The molecular formula is C20H21N3O3S. The van der Waals surface area contributed by atoms with Crippen LogP contribution < -0.4 is 15.4 Å². The third-order valence-electron chi connectivity index (χ3n) is 3.79. The van der Waals surface area contributed by atoms with Gasteiger partial charge in [-0.1, -0.05) is 6.92 Å². The molecule has 3 rings (SSSR count). The fraction of sp³-hybridized carbons (Fsp3) is 0.250. The van der Waals surface area contributed by atoms with Crippen molar-refractivity contribution in [2.45, 2.75) is 26.7 Å². The second-order valence-electron chi connectivity index (χ2n) is 5.91. The molecule has 0 saturated carbocycles. The highest BCUT2D eigenvalue weighted by molar-refractivity contribution is 7.80. The molecule has 27 heavy (non-hydrogen) atoms. The number of aromatic nitrogens is 1. The molecule has 6 nitrogen and oxygen atoms in total. The number of anilines is 1. The molecule has 0 spiro atoms. The van der Waals surface area contributed by atoms with E-state index in [1.165, 1.54) is 0 Å². The van der Waals surface area contributed by atoms with Crippen LogP contribution in [-0.4, -0.2) is 22.6 Å². The molecule has 0 unspecified atom stereocenters. The van der Waals surface area contributed by atoms with E-state index in [-0.39, 0.29) is 11.0 Å². The summed E-state index contributed by atoms with van der Waals surface area (Å²) in [5.74, 6) is 1.24. The van der Waals surface area contributed by atoms with Gasteiger partial charge in [-0.2, -0.15) is 0 Å². The fourth-order valence-corrected chi connectivity index (χ4v) is 2.80. The number of thiocarbonyl (C=S) groups is 1. The van der Waals surface area contributed by atoms with E-state index >= 15 is 0 Å². The predicted octanol–water partition coefficient (Wildman–Crippen LogP) is 4.51. The summed E-state index contributed by atoms with van der Waals surface area (Å²) in [5.41, 5.74) is 2.97. The third-order valence-corrected chi connectivity index (χ3v) is 3.99. The summed E-state index contributed by atoms with van der Waals surface area (Å²) >= 11 is 5.17. The number of oxazole rings is 1. The Morgan fingerprint density at radius 2 is 1.96 bits per heavy atom. The number of amides is 1. The van der Waals surface area contributed by atoms with Crippen molar-refractivity contribution in [3.05, 3.63) is 42.5 Å². The first-order valence-corrected chi connectivity index (χ1v) is 9.24. The van der Waals surface area contributed by atoms with Gasteiger partial charge in [0.05, 0.1) is 6.61 Å². The molecule has 1 heterocycles. The first-order chi connectivity index (χ1) is 13.1. The van der Waals surface area contributed by atoms with Crippen molar-refractivity contribution in [3.8, 4) is 17.2 Å². The normalized spacial score (nSPS) is 10.6. The van der Waals surface area contributed by atoms with Crippen LogP contribution in [0.5, 0.6) is 5.75 Å². The summed E-state index contributed by atoms with van der Waals surface area (Å²) in [7, 11) is 0. The van der Waals surface area contributed by atoms with Crippen LogP contribution in [0.2, 0.25) is 0 Å². The molecule has 1 aromatic heterocycles. The molecule has 0 saturated heterocycles. The molecule has 140 valence electrons. The number of fused-ring (bicyclic) bond motifs is 1. The number of nitrogens with one attached hydrogen (secondary N) is 2. The molecule has 1 amide bonds. The minimum Gasteiger partial charge on any atom is -0.494 e. The first kappa shape index (κ1) is 18.8. The predicted molar refractivity (Wildman–Crippen MR) is 110 cm³/mol. The van der Waals surface area contributed by atoms with Gasteiger partial charge < -0.3 is 19.8 Å². The summed E-state index contributed by atoms with van der Waals surface area (Å²) in [6.07, 6.45) is 1.21. The van der Waals surface area contributed by atoms with Gasteiger partial charge in [-0.15, -0.1) is 0 Å². The zero-order chi connectivity index (χ0) is 19.2. The lowest BCUT2D eigenvalue weighted by Crippen LogP contribution is -2.33. The van der Waals surface area contributed by atoms with Crippen LogP contribution in [0.1, 0.15) is 26.7 Å². The Balaban J connectivity index is 1.74. The molecule has 0 atom stereocenters. The molecular weight excluding hydrogens is 362 g/mol. The molecule has 2 N–H and O–H groups in total. The average Bonchev–Trinajstić information content (AvgIpc) is 3.06. The largest absolute Gasteiger partial charge is 0.494 e. The maximum Gasteiger partial charge on any atom is 0.227 e. The van der Waals surface area contributed by atoms with Crippen LogP contribution in [-0.2, 0) is 4.79 Å². The highest BCUT2D eigenvalue weighted by Crippen LogP contribution is 2.27. The minimum absolute atomic E-state index is 0.102. The zero-order valence-electron chi connectivity index (χ0n) is 15.2. The van der Waals surface area contributed by atoms with Gasteiger partial charge in [-0.3, -0.25) is 4.79 Å². The lowest BCUT2D eigenvalue weighted by Gasteiger charge is -2.08. The van der Waals surface area contributed by atoms with E-state index in [9.17, 15) is 4.79 Å². The van der Waals surface area contributed by atoms with Gasteiger partial charge in [0.25, 0.3) is 0 Å². The standard InChI is InChI=1S/C20H21N3O3S/c1-3-5-18(24)23-20(27)21-14-8-11-17-16(12-14)22-19(26-17)13-6-9-15(10-7-13)25-4-2/h6-12H,3-5H2,1-2H3,(H2,21,23,24,27). The summed E-state index contributed by atoms with van der Waals surface area (Å²) in [6, 6.07) is 13.1. The molecule has 7 heteroatoms. The van der Waals surface area contributed by atoms with Gasteiger partial charge >= 0.3 is 0 Å². The second-order valence-corrected chi connectivity index (χ2v) is 6.32. The SMILES string of the molecule is CCCC(=O)NC(=S)Nc1ccc2oc(-c3ccc(OCC)cc3)nc2c1. The highest BCUT2D eigenvalue weighted by atomic mass is 32.1. The van der Waals surface area contributed by atoms with E-state index in [2.05, 4.69) is 15.6 Å². The van der Waals surface area contributed by atoms with Gasteiger partial charge in [0.1, 0.15) is 11.3 Å². The Labute approximate surface area is 162 Å². The van der Waals surface area contributed by atoms with Crippen LogP contribution in [0.25, 0.3) is 22.6 Å². The van der Waals surface area contributed by atoms with Gasteiger partial charge in [-0.25, -0.2) is 4.98 Å². The Morgan fingerprint density at radius 3 is 2.67 bits per heavy atom. The van der Waals surface area contributed by atoms with Crippen molar-refractivity contribution in [2.75, 3.05) is 11.9 Å². The fourth-order valence-electron chi connectivity index (χ4n) is 2.57. The maximum absolute atomic E-state index is 11.6. The molecule has 0 radical (unpaired) electrons. The highest BCUT2D eigenvalue weighted by Gasteiger charge is 2.10. The van der Waals surface area contributed by atoms with Crippen LogP contribution in [0, 0.1) is 0 Å². The van der Waals surface area contributed by atoms with E-state index in [1.54, 1.807) is 0 Å². The number of hydrogen-bond donors (Lipinski definition) is 2. The monoisotopic (exact) mass is 383 g/mol. The molecule has 2 aromatic carbocycles. The molecule has 0 aliphatic rings. The molecule has 0 aliphatic heterocycles. The van der Waals surface area contributed by atoms with Crippen LogP contribution >= 0.6 is 12.2 Å². The number of ether oxygens (including phenoxy) is 1. The number of nitrogens with zero attached hydrogens (tertiary/aromatic N) is 1. The van der Waals surface area contributed by atoms with Crippen molar-refractivity contribution in [1.29, 1.82) is 0 Å². The Hall–Kier alpha value is -2.93. The van der Waals surface area contributed by atoms with Crippen LogP contribution in [0.4, 0.5) is 5.69 Å². The van der Waals surface area contributed by atoms with Gasteiger partial charge in [0, 0.05) is 17.7 Å². The summed E-state index contributed by atoms with van der Waals surface area (Å²) in [5, 5.41) is 5.91. The average molecular weight is 383 g/mol. The summed E-state index contributed by atoms with van der Waals surface area (Å²) in [4.78, 5) is 16.1. The van der Waals surface area contributed by atoms with E-state index in [0.29, 0.717) is 30.0 Å². The van der Waals surface area contributed by atoms with Crippen molar-refractivity contribution in [3.63, 3.8) is 0 Å². The van der Waals surface area contributed by atoms with Crippen LogP contribution in [0.3, 0.4) is 0 Å². The van der Waals surface area contributed by atoms with Crippen molar-refractivity contribution in [1.82, 2.24) is 10.3 Å². The van der Waals surface area contributed by atoms with Gasteiger partial charge in [-0.05, 0) is 68.0 Å². The number of rotatable bonds is 6. The summed E-state index contributed by atoms with van der Waals surface area (Å²) in [6.45, 7) is 4.51. The third kappa shape index (κ3) is 4.83. The maximum atomic E-state index is 11.6. The van der Waals surface area contributed by atoms with Crippen molar-refractivity contribution < 1.29 is 13.9 Å². The van der Waals surface area contributed by atoms with Crippen molar-refractivity contribution in [2.24, 2.45) is 0 Å². The molecule has 3 aromatic rings. The quantitative estimate of drug-likeness (QED) is 0.610. The molecule has 0 aliphatic carbocycles. The number of carbonyl (C=O) groups is 1. The molecule has 0 bridgehead atoms. The van der Waals surface area contributed by atoms with Gasteiger partial charge in [0.2, 0.25) is 11.8 Å². The van der Waals surface area contributed by atoms with Gasteiger partial charge in [0.15, 0.2) is 10.7 Å². The number of carbonyl (C=O) groups excluding carboxylic acids is 1. The summed E-state index contributed by atoms with van der Waals surface area (Å²) < 4.78 is 11.3. The van der Waals surface area contributed by atoms with E-state index in [4.69, 9.17) is 21.4 Å². The van der Waals surface area contributed by atoms with Crippen molar-refractivity contribution >= 4 is 40.0 Å². The van der Waals surface area contributed by atoms with E-state index in [1.807, 2.05) is 56.3 Å². The first-order valence-electron chi connectivity index (χ1n) is 8.83. The van der Waals surface area contributed by atoms with E-state index in [0.717, 1.165) is 23.4 Å². The Kier molecular flexibility index (Phi) is 6.03. The Morgan fingerprint density at radius 1 is 1.19 bits per heavy atom. The minimum atomic E-state index is -0.102. The number of hydrogen-bond acceptors (Lipinski definition) is 5. The van der Waals surface area contributed by atoms with Crippen LogP contribution in [0.15, 0.2) is 46.9 Å². The lowest BCUT2D eigenvalue weighted by atomic mass is 10.2. The Bertz CT molecular complexity index is 951. The molecule has 0 fully saturated rings. The topological polar surface area (TPSA) is 76.4 Å².